The van der Waals surface area contributed by atoms with Crippen LogP contribution in [0.1, 0.15) is 43.5 Å². The van der Waals surface area contributed by atoms with E-state index in [4.69, 9.17) is 5.11 Å². The van der Waals surface area contributed by atoms with Crippen LogP contribution in [-0.2, 0) is 22.3 Å². The topological polar surface area (TPSA) is 149 Å². The average molecular weight is 589 g/mol. The van der Waals surface area contributed by atoms with Crippen molar-refractivity contribution < 1.29 is 32.7 Å². The second-order valence-corrected chi connectivity index (χ2v) is 9.92. The molecule has 1 atom stereocenters. The lowest BCUT2D eigenvalue weighted by atomic mass is 10.1. The molecule has 11 nitrogen and oxygen atoms in total. The molecule has 0 aromatic carbocycles. The van der Waals surface area contributed by atoms with Gasteiger partial charge in [0.25, 0.3) is 5.56 Å². The summed E-state index contributed by atoms with van der Waals surface area (Å²) in [4.78, 5) is 57.1. The van der Waals surface area contributed by atoms with E-state index in [1.165, 1.54) is 52.1 Å². The van der Waals surface area contributed by atoms with Gasteiger partial charge in [-0.3, -0.25) is 19.4 Å². The van der Waals surface area contributed by atoms with E-state index in [0.717, 1.165) is 6.20 Å². The largest absolute Gasteiger partial charge is 0.465 e. The molecule has 0 spiro atoms. The first-order valence-corrected chi connectivity index (χ1v) is 12.8. The maximum atomic E-state index is 13.6. The van der Waals surface area contributed by atoms with Gasteiger partial charge in [-0.15, -0.1) is 0 Å². The van der Waals surface area contributed by atoms with E-state index in [-0.39, 0.29) is 47.6 Å². The molecule has 224 valence electrons. The number of carbonyl (C=O) groups excluding carboxylic acids is 2. The summed E-state index contributed by atoms with van der Waals surface area (Å²) in [6.07, 6.45) is 0.598. The van der Waals surface area contributed by atoms with Crippen LogP contribution in [0, 0.1) is 0 Å². The van der Waals surface area contributed by atoms with Gasteiger partial charge >= 0.3 is 12.3 Å². The zero-order chi connectivity index (χ0) is 31.2. The van der Waals surface area contributed by atoms with Crippen molar-refractivity contribution in [2.45, 2.75) is 45.5 Å². The number of anilines is 1. The van der Waals surface area contributed by atoms with E-state index < -0.39 is 35.3 Å². The summed E-state index contributed by atoms with van der Waals surface area (Å²) >= 11 is 0. The maximum Gasteiger partial charge on any atom is 0.418 e. The van der Waals surface area contributed by atoms with E-state index in [0.29, 0.717) is 11.3 Å². The molecule has 0 saturated heterocycles. The van der Waals surface area contributed by atoms with Gasteiger partial charge in [0.05, 0.1) is 23.1 Å². The van der Waals surface area contributed by atoms with Gasteiger partial charge in [0, 0.05) is 37.7 Å². The summed E-state index contributed by atoms with van der Waals surface area (Å²) in [5, 5.41) is 13.7. The first-order valence-electron chi connectivity index (χ1n) is 12.8. The fourth-order valence-electron chi connectivity index (χ4n) is 4.07. The van der Waals surface area contributed by atoms with Gasteiger partial charge in [0.2, 0.25) is 11.8 Å². The number of carboxylic acid groups (broad SMARTS) is 1. The predicted octanol–water partition coefficient (Wildman–Crippen LogP) is 4.21. The number of carbonyl (C=O) groups is 3. The van der Waals surface area contributed by atoms with Crippen LogP contribution < -0.4 is 16.2 Å². The third kappa shape index (κ3) is 8.08. The zero-order valence-electron chi connectivity index (χ0n) is 23.4. The maximum absolute atomic E-state index is 13.6. The fraction of sp³-hybridized carbons (Fsp3) is 0.321. The normalized spacial score (nSPS) is 12.3. The molecule has 42 heavy (non-hydrogen) atoms. The SMILES string of the molecule is CC(C)=Cc1c(C(F)(F)F)cnc2cc(Cn3cccc(NC(=O)C(CC/C=C/C(=O)N(C)C)NC(=O)O)c3=O)[nH]c12. The number of nitrogens with one attached hydrogen (secondary N) is 3. The number of rotatable bonds is 10. The average Bonchev–Trinajstić information content (AvgIpc) is 3.30. The minimum atomic E-state index is -4.62. The van der Waals surface area contributed by atoms with Crippen LogP contribution in [0.5, 0.6) is 0 Å². The fourth-order valence-corrected chi connectivity index (χ4v) is 4.07. The van der Waals surface area contributed by atoms with Crippen LogP contribution >= 0.6 is 0 Å². The molecule has 0 bridgehead atoms. The molecule has 3 aromatic rings. The summed E-state index contributed by atoms with van der Waals surface area (Å²) in [5.74, 6) is -1.05. The minimum Gasteiger partial charge on any atom is -0.465 e. The highest BCUT2D eigenvalue weighted by Gasteiger charge is 2.34. The Kier molecular flexibility index (Phi) is 9.94. The summed E-state index contributed by atoms with van der Waals surface area (Å²) in [5.41, 5.74) is -0.205. The molecule has 0 saturated carbocycles. The van der Waals surface area contributed by atoms with Gasteiger partial charge in [-0.25, -0.2) is 4.79 Å². The molecule has 0 radical (unpaired) electrons. The number of H-pyrrole nitrogens is 1. The Bertz CT molecular complexity index is 1600. The van der Waals surface area contributed by atoms with Crippen molar-refractivity contribution in [3.8, 4) is 0 Å². The second-order valence-electron chi connectivity index (χ2n) is 9.92. The Morgan fingerprint density at radius 2 is 1.95 bits per heavy atom. The number of hydrogen-bond acceptors (Lipinski definition) is 5. The third-order valence-electron chi connectivity index (χ3n) is 6.04. The van der Waals surface area contributed by atoms with Gasteiger partial charge in [-0.05, 0) is 51.0 Å². The van der Waals surface area contributed by atoms with Gasteiger partial charge in [0.1, 0.15) is 11.7 Å². The number of likely N-dealkylation sites (N-methyl/N-ethyl adjacent to an activating group) is 1. The number of aromatic nitrogens is 3. The minimum absolute atomic E-state index is 0.0202. The first kappa shape index (κ1) is 31.6. The molecule has 3 amide bonds. The number of alkyl halides is 3. The number of nitrogens with zero attached hydrogens (tertiary/aromatic N) is 3. The molecule has 0 aliphatic heterocycles. The number of aromatic amines is 1. The molecule has 0 aliphatic rings. The molecule has 0 fully saturated rings. The quantitative estimate of drug-likeness (QED) is 0.261. The first-order chi connectivity index (χ1) is 19.7. The zero-order valence-corrected chi connectivity index (χ0v) is 23.4. The standard InChI is InChI=1S/C28H31F3N6O5/c1-16(2)12-18-19(28(29,30)31)14-32-22-13-17(33-24(18)22)15-37-11-7-9-21(26(37)40)34-25(39)20(35-27(41)42)8-5-6-10-23(38)36(3)4/h6-7,9-14,20,33,35H,5,8,15H2,1-4H3,(H,34,39)(H,41,42)/b10-6+. The van der Waals surface area contributed by atoms with Crippen molar-refractivity contribution in [3.05, 3.63) is 75.5 Å². The number of pyridine rings is 2. The Morgan fingerprint density at radius 3 is 2.57 bits per heavy atom. The van der Waals surface area contributed by atoms with Gasteiger partial charge < -0.3 is 30.2 Å². The van der Waals surface area contributed by atoms with Crippen molar-refractivity contribution in [2.24, 2.45) is 0 Å². The predicted molar refractivity (Wildman–Crippen MR) is 151 cm³/mol. The van der Waals surface area contributed by atoms with Crippen molar-refractivity contribution in [2.75, 3.05) is 19.4 Å². The molecule has 3 aromatic heterocycles. The van der Waals surface area contributed by atoms with E-state index in [2.05, 4.69) is 20.6 Å². The summed E-state index contributed by atoms with van der Waals surface area (Å²) in [6, 6.07) is 3.16. The molecule has 3 rings (SSSR count). The van der Waals surface area contributed by atoms with Crippen LogP contribution in [0.15, 0.2) is 53.1 Å². The van der Waals surface area contributed by atoms with Crippen molar-refractivity contribution in [3.63, 3.8) is 0 Å². The highest BCUT2D eigenvalue weighted by atomic mass is 19.4. The van der Waals surface area contributed by atoms with E-state index in [1.807, 2.05) is 0 Å². The van der Waals surface area contributed by atoms with Gasteiger partial charge in [0.15, 0.2) is 0 Å². The van der Waals surface area contributed by atoms with Gasteiger partial charge in [-0.1, -0.05) is 17.7 Å². The van der Waals surface area contributed by atoms with Crippen LogP contribution in [-0.4, -0.2) is 62.6 Å². The lowest BCUT2D eigenvalue weighted by Gasteiger charge is -2.16. The molecular formula is C28H31F3N6O5. The Morgan fingerprint density at radius 1 is 1.24 bits per heavy atom. The number of hydrogen-bond donors (Lipinski definition) is 4. The van der Waals surface area contributed by atoms with Crippen molar-refractivity contribution >= 4 is 40.7 Å². The molecule has 14 heteroatoms. The third-order valence-corrected chi connectivity index (χ3v) is 6.04. The van der Waals surface area contributed by atoms with E-state index in [9.17, 15) is 32.3 Å². The van der Waals surface area contributed by atoms with E-state index >= 15 is 0 Å². The molecule has 1 unspecified atom stereocenters. The highest BCUT2D eigenvalue weighted by Crippen LogP contribution is 2.35. The Hall–Kier alpha value is -4.88. The molecular weight excluding hydrogens is 557 g/mol. The highest BCUT2D eigenvalue weighted by molar-refractivity contribution is 5.96. The van der Waals surface area contributed by atoms with Crippen LogP contribution in [0.25, 0.3) is 17.1 Å². The number of amides is 3. The second kappa shape index (κ2) is 13.2. The number of halogens is 3. The lowest BCUT2D eigenvalue weighted by Crippen LogP contribution is -2.44. The number of fused-ring (bicyclic) bond motifs is 1. The monoisotopic (exact) mass is 588 g/mol. The summed E-state index contributed by atoms with van der Waals surface area (Å²) in [7, 11) is 3.14. The van der Waals surface area contributed by atoms with Crippen LogP contribution in [0.4, 0.5) is 23.7 Å². The molecule has 4 N–H and O–H groups in total. The van der Waals surface area contributed by atoms with Crippen LogP contribution in [0.3, 0.4) is 0 Å². The molecule has 0 aliphatic carbocycles. The summed E-state index contributed by atoms with van der Waals surface area (Å²) < 4.78 is 42.1. The lowest BCUT2D eigenvalue weighted by molar-refractivity contribution is -0.137. The van der Waals surface area contributed by atoms with Crippen LogP contribution in [0.2, 0.25) is 0 Å². The number of allylic oxidation sites excluding steroid dienone is 2. The Labute approximate surface area is 238 Å². The van der Waals surface area contributed by atoms with Crippen molar-refractivity contribution in [1.82, 2.24) is 24.8 Å². The van der Waals surface area contributed by atoms with Crippen molar-refractivity contribution in [1.29, 1.82) is 0 Å². The van der Waals surface area contributed by atoms with E-state index in [1.54, 1.807) is 27.9 Å². The molecule has 3 heterocycles. The smallest absolute Gasteiger partial charge is 0.418 e. The summed E-state index contributed by atoms with van der Waals surface area (Å²) in [6.45, 7) is 3.28. The Balaban J connectivity index is 1.84. The van der Waals surface area contributed by atoms with Gasteiger partial charge in [-0.2, -0.15) is 13.2 Å².